The molecule has 1 N–H and O–H groups in total. The van der Waals surface area contributed by atoms with Crippen molar-refractivity contribution in [2.45, 2.75) is 20.3 Å². The highest BCUT2D eigenvalue weighted by Crippen LogP contribution is 2.26. The molecule has 132 valence electrons. The molecule has 0 saturated carbocycles. The van der Waals surface area contributed by atoms with Gasteiger partial charge < -0.3 is 15.0 Å². The first-order chi connectivity index (χ1) is 12.0. The first-order valence-electron chi connectivity index (χ1n) is 8.07. The quantitative estimate of drug-likeness (QED) is 0.808. The molecule has 0 spiro atoms. The fraction of sp³-hybridized carbons (Fsp3) is 0.263. The van der Waals surface area contributed by atoms with Gasteiger partial charge in [0.15, 0.2) is 0 Å². The van der Waals surface area contributed by atoms with E-state index in [1.54, 1.807) is 36.4 Å². The summed E-state index contributed by atoms with van der Waals surface area (Å²) in [6.45, 7) is 4.08. The van der Waals surface area contributed by atoms with Crippen LogP contribution in [0.2, 0.25) is 5.02 Å². The van der Waals surface area contributed by atoms with Gasteiger partial charge in [-0.05, 0) is 31.2 Å². The number of hydrogen-bond acceptors (Lipinski definition) is 3. The number of amides is 2. The molecule has 0 aliphatic heterocycles. The molecule has 2 rings (SSSR count). The maximum absolute atomic E-state index is 12.3. The zero-order valence-corrected chi connectivity index (χ0v) is 15.0. The van der Waals surface area contributed by atoms with Crippen molar-refractivity contribution in [3.05, 3.63) is 53.6 Å². The van der Waals surface area contributed by atoms with Gasteiger partial charge in [0.2, 0.25) is 11.8 Å². The monoisotopic (exact) mass is 360 g/mol. The van der Waals surface area contributed by atoms with E-state index in [1.807, 2.05) is 19.1 Å². The molecule has 0 unspecified atom stereocenters. The Morgan fingerprint density at radius 3 is 2.48 bits per heavy atom. The standard InChI is InChI=1S/C19H21ClN2O3/c1-3-25-18-11-7-5-9-16(18)21-19(24)12-13-22(14(2)23)17-10-6-4-8-15(17)20/h4-11H,3,12-13H2,1-2H3,(H,21,24). The summed E-state index contributed by atoms with van der Waals surface area (Å²) >= 11 is 6.15. The molecule has 0 aliphatic rings. The van der Waals surface area contributed by atoms with E-state index in [-0.39, 0.29) is 24.8 Å². The number of ether oxygens (including phenoxy) is 1. The van der Waals surface area contributed by atoms with Crippen LogP contribution in [-0.4, -0.2) is 25.0 Å². The Morgan fingerprint density at radius 1 is 1.12 bits per heavy atom. The minimum absolute atomic E-state index is 0.144. The summed E-state index contributed by atoms with van der Waals surface area (Å²) in [6, 6.07) is 14.3. The van der Waals surface area contributed by atoms with Gasteiger partial charge in [0.25, 0.3) is 0 Å². The molecule has 0 bridgehead atoms. The number of para-hydroxylation sites is 3. The number of carbonyl (C=O) groups is 2. The maximum atomic E-state index is 12.3. The lowest BCUT2D eigenvalue weighted by Crippen LogP contribution is -2.32. The number of hydrogen-bond donors (Lipinski definition) is 1. The summed E-state index contributed by atoms with van der Waals surface area (Å²) in [4.78, 5) is 25.7. The largest absolute Gasteiger partial charge is 0.492 e. The fourth-order valence-electron chi connectivity index (χ4n) is 2.40. The topological polar surface area (TPSA) is 58.6 Å². The van der Waals surface area contributed by atoms with Crippen molar-refractivity contribution in [1.82, 2.24) is 0 Å². The highest BCUT2D eigenvalue weighted by atomic mass is 35.5. The molecular formula is C19H21ClN2O3. The van der Waals surface area contributed by atoms with Crippen LogP contribution in [0.1, 0.15) is 20.3 Å². The first-order valence-corrected chi connectivity index (χ1v) is 8.45. The Balaban J connectivity index is 2.03. The molecule has 6 heteroatoms. The number of anilines is 2. The molecule has 0 fully saturated rings. The second-order valence-corrected chi connectivity index (χ2v) is 5.76. The molecule has 0 heterocycles. The Hall–Kier alpha value is -2.53. The summed E-state index contributed by atoms with van der Waals surface area (Å²) < 4.78 is 5.49. The lowest BCUT2D eigenvalue weighted by molar-refractivity contribution is -0.117. The summed E-state index contributed by atoms with van der Waals surface area (Å²) in [6.07, 6.45) is 0.144. The molecule has 2 amide bonds. The van der Waals surface area contributed by atoms with E-state index < -0.39 is 0 Å². The third kappa shape index (κ3) is 5.22. The van der Waals surface area contributed by atoms with E-state index in [0.717, 1.165) is 0 Å². The molecule has 0 radical (unpaired) electrons. The summed E-state index contributed by atoms with van der Waals surface area (Å²) in [7, 11) is 0. The molecule has 25 heavy (non-hydrogen) atoms. The highest BCUT2D eigenvalue weighted by Gasteiger charge is 2.16. The third-order valence-electron chi connectivity index (χ3n) is 3.55. The van der Waals surface area contributed by atoms with Crippen LogP contribution in [0.5, 0.6) is 5.75 Å². The van der Waals surface area contributed by atoms with Crippen LogP contribution in [0.15, 0.2) is 48.5 Å². The zero-order valence-electron chi connectivity index (χ0n) is 14.3. The van der Waals surface area contributed by atoms with E-state index in [0.29, 0.717) is 28.8 Å². The maximum Gasteiger partial charge on any atom is 0.226 e. The van der Waals surface area contributed by atoms with E-state index in [1.165, 1.54) is 11.8 Å². The van der Waals surface area contributed by atoms with Crippen LogP contribution >= 0.6 is 11.6 Å². The molecule has 0 saturated heterocycles. The van der Waals surface area contributed by atoms with Crippen molar-refractivity contribution in [2.24, 2.45) is 0 Å². The number of halogens is 1. The number of rotatable bonds is 7. The Labute approximate surface area is 152 Å². The van der Waals surface area contributed by atoms with Crippen LogP contribution in [0.4, 0.5) is 11.4 Å². The van der Waals surface area contributed by atoms with Crippen molar-refractivity contribution < 1.29 is 14.3 Å². The van der Waals surface area contributed by atoms with Gasteiger partial charge in [-0.25, -0.2) is 0 Å². The minimum atomic E-state index is -0.203. The van der Waals surface area contributed by atoms with Gasteiger partial charge >= 0.3 is 0 Å². The molecule has 0 aliphatic carbocycles. The summed E-state index contributed by atoms with van der Waals surface area (Å²) in [5.41, 5.74) is 1.21. The summed E-state index contributed by atoms with van der Waals surface area (Å²) in [5, 5.41) is 3.29. The molecule has 0 atom stereocenters. The van der Waals surface area contributed by atoms with Gasteiger partial charge in [0, 0.05) is 19.9 Å². The van der Waals surface area contributed by atoms with Gasteiger partial charge in [-0.3, -0.25) is 9.59 Å². The Bertz CT molecular complexity index is 749. The highest BCUT2D eigenvalue weighted by molar-refractivity contribution is 6.33. The van der Waals surface area contributed by atoms with Crippen molar-refractivity contribution in [2.75, 3.05) is 23.4 Å². The lowest BCUT2D eigenvalue weighted by atomic mass is 10.2. The predicted octanol–water partition coefficient (Wildman–Crippen LogP) is 4.12. The second-order valence-electron chi connectivity index (χ2n) is 5.35. The fourth-order valence-corrected chi connectivity index (χ4v) is 2.63. The first kappa shape index (κ1) is 18.8. The van der Waals surface area contributed by atoms with Crippen molar-refractivity contribution in [3.63, 3.8) is 0 Å². The summed E-state index contributed by atoms with van der Waals surface area (Å²) in [5.74, 6) is 0.244. The van der Waals surface area contributed by atoms with Crippen LogP contribution in [0.25, 0.3) is 0 Å². The van der Waals surface area contributed by atoms with E-state index >= 15 is 0 Å². The van der Waals surface area contributed by atoms with Crippen LogP contribution in [0, 0.1) is 0 Å². The molecular weight excluding hydrogens is 340 g/mol. The third-order valence-corrected chi connectivity index (χ3v) is 3.87. The van der Waals surface area contributed by atoms with Crippen molar-refractivity contribution in [3.8, 4) is 5.75 Å². The lowest BCUT2D eigenvalue weighted by Gasteiger charge is -2.22. The van der Waals surface area contributed by atoms with E-state index in [2.05, 4.69) is 5.32 Å². The average Bonchev–Trinajstić information content (AvgIpc) is 2.58. The number of nitrogens with one attached hydrogen (secondary N) is 1. The SMILES string of the molecule is CCOc1ccccc1NC(=O)CCN(C(C)=O)c1ccccc1Cl. The molecule has 2 aromatic rings. The number of nitrogens with zero attached hydrogens (tertiary/aromatic N) is 1. The van der Waals surface area contributed by atoms with Gasteiger partial charge in [0.1, 0.15) is 5.75 Å². The van der Waals surface area contributed by atoms with Gasteiger partial charge in [-0.2, -0.15) is 0 Å². The van der Waals surface area contributed by atoms with Crippen LogP contribution in [0.3, 0.4) is 0 Å². The molecule has 0 aromatic heterocycles. The van der Waals surface area contributed by atoms with Crippen molar-refractivity contribution >= 4 is 34.8 Å². The Kier molecular flexibility index (Phi) is 6.83. The van der Waals surface area contributed by atoms with Crippen LogP contribution in [-0.2, 0) is 9.59 Å². The Morgan fingerprint density at radius 2 is 1.80 bits per heavy atom. The molecule has 2 aromatic carbocycles. The number of benzene rings is 2. The second kappa shape index (κ2) is 9.08. The number of carbonyl (C=O) groups excluding carboxylic acids is 2. The van der Waals surface area contributed by atoms with Crippen molar-refractivity contribution in [1.29, 1.82) is 0 Å². The van der Waals surface area contributed by atoms with Gasteiger partial charge in [-0.15, -0.1) is 0 Å². The van der Waals surface area contributed by atoms with E-state index in [4.69, 9.17) is 16.3 Å². The van der Waals surface area contributed by atoms with Crippen LogP contribution < -0.4 is 15.0 Å². The smallest absolute Gasteiger partial charge is 0.226 e. The minimum Gasteiger partial charge on any atom is -0.492 e. The normalized spacial score (nSPS) is 10.2. The van der Waals surface area contributed by atoms with Gasteiger partial charge in [0.05, 0.1) is 23.0 Å². The molecule has 5 nitrogen and oxygen atoms in total. The predicted molar refractivity (Wildman–Crippen MR) is 100 cm³/mol. The zero-order chi connectivity index (χ0) is 18.2. The van der Waals surface area contributed by atoms with Gasteiger partial charge in [-0.1, -0.05) is 35.9 Å². The van der Waals surface area contributed by atoms with E-state index in [9.17, 15) is 9.59 Å². The average molecular weight is 361 g/mol.